The normalized spacial score (nSPS) is 12.0. The van der Waals surface area contributed by atoms with Gasteiger partial charge in [0.25, 0.3) is 0 Å². The molecule has 1 amide bonds. The first-order valence-electron chi connectivity index (χ1n) is 9.18. The van der Waals surface area contributed by atoms with Gasteiger partial charge in [0.15, 0.2) is 10.7 Å². The third-order valence-corrected chi connectivity index (χ3v) is 7.12. The highest BCUT2D eigenvalue weighted by molar-refractivity contribution is 7.89. The monoisotopic (exact) mass is 462 g/mol. The van der Waals surface area contributed by atoms with Crippen molar-refractivity contribution in [2.24, 2.45) is 0 Å². The van der Waals surface area contributed by atoms with Crippen LogP contribution in [0.25, 0.3) is 21.3 Å². The van der Waals surface area contributed by atoms with E-state index in [1.807, 2.05) is 13.0 Å². The number of amides is 1. The van der Waals surface area contributed by atoms with Gasteiger partial charge in [-0.15, -0.1) is 0 Å². The number of carbonyl (C=O) groups excluding carboxylic acids is 1. The van der Waals surface area contributed by atoms with Crippen molar-refractivity contribution >= 4 is 53.7 Å². The second-order valence-corrected chi connectivity index (χ2v) is 9.64. The summed E-state index contributed by atoms with van der Waals surface area (Å²) in [5.74, 6) is -0.511. The number of oxazole rings is 1. The van der Waals surface area contributed by atoms with Crippen LogP contribution in [0, 0.1) is 0 Å². The summed E-state index contributed by atoms with van der Waals surface area (Å²) < 4.78 is 37.7. The predicted molar refractivity (Wildman–Crippen MR) is 116 cm³/mol. The summed E-state index contributed by atoms with van der Waals surface area (Å²) >= 11 is 1.26. The highest BCUT2D eigenvalue weighted by atomic mass is 32.2. The molecule has 0 bridgehead atoms. The van der Waals surface area contributed by atoms with Crippen molar-refractivity contribution in [2.45, 2.75) is 11.8 Å². The standard InChI is InChI=1S/C19H18N4O6S2/c1-3-28-11-4-6-14-16(8-11)30-18(20-14)22-17(24)10-23(2)31(26,27)12-5-7-13-15(9-12)29-19(25)21-13/h4-9H,3,10H2,1-2H3,(H,21,25)(H,20,22,24). The number of hydrogen-bond acceptors (Lipinski definition) is 8. The lowest BCUT2D eigenvalue weighted by Gasteiger charge is -2.16. The van der Waals surface area contributed by atoms with Crippen LogP contribution in [0.2, 0.25) is 0 Å². The molecule has 0 atom stereocenters. The number of carbonyl (C=O) groups is 1. The molecule has 0 saturated heterocycles. The second-order valence-electron chi connectivity index (χ2n) is 6.56. The Morgan fingerprint density at radius 2 is 2.10 bits per heavy atom. The van der Waals surface area contributed by atoms with E-state index in [4.69, 9.17) is 9.15 Å². The zero-order valence-electron chi connectivity index (χ0n) is 16.5. The van der Waals surface area contributed by atoms with Crippen molar-refractivity contribution in [1.82, 2.24) is 14.3 Å². The van der Waals surface area contributed by atoms with Gasteiger partial charge in [-0.25, -0.2) is 18.2 Å². The lowest BCUT2D eigenvalue weighted by molar-refractivity contribution is -0.116. The number of fused-ring (bicyclic) bond motifs is 2. The maximum absolute atomic E-state index is 12.8. The van der Waals surface area contributed by atoms with E-state index in [0.29, 0.717) is 28.5 Å². The van der Waals surface area contributed by atoms with Crippen LogP contribution >= 0.6 is 11.3 Å². The summed E-state index contributed by atoms with van der Waals surface area (Å²) in [4.78, 5) is 30.4. The molecule has 4 aromatic rings. The van der Waals surface area contributed by atoms with Crippen molar-refractivity contribution in [2.75, 3.05) is 25.5 Å². The largest absolute Gasteiger partial charge is 0.494 e. The lowest BCUT2D eigenvalue weighted by atomic mass is 10.3. The van der Waals surface area contributed by atoms with Gasteiger partial charge in [-0.05, 0) is 37.3 Å². The van der Waals surface area contributed by atoms with E-state index in [-0.39, 0.29) is 10.5 Å². The molecule has 2 N–H and O–H groups in total. The van der Waals surface area contributed by atoms with E-state index in [1.165, 1.54) is 36.6 Å². The fourth-order valence-electron chi connectivity index (χ4n) is 2.93. The zero-order chi connectivity index (χ0) is 22.2. The number of hydrogen-bond donors (Lipinski definition) is 2. The number of rotatable bonds is 7. The van der Waals surface area contributed by atoms with Crippen LogP contribution in [-0.4, -0.2) is 48.8 Å². The summed E-state index contributed by atoms with van der Waals surface area (Å²) in [6.07, 6.45) is 0. The first-order valence-corrected chi connectivity index (χ1v) is 11.4. The van der Waals surface area contributed by atoms with Crippen molar-refractivity contribution < 1.29 is 22.4 Å². The van der Waals surface area contributed by atoms with Gasteiger partial charge in [0, 0.05) is 13.1 Å². The molecule has 12 heteroatoms. The molecule has 0 aliphatic rings. The number of sulfonamides is 1. The maximum atomic E-state index is 12.8. The molecular weight excluding hydrogens is 444 g/mol. The van der Waals surface area contributed by atoms with Crippen LogP contribution in [0.5, 0.6) is 5.75 Å². The van der Waals surface area contributed by atoms with Crippen LogP contribution in [-0.2, 0) is 14.8 Å². The minimum atomic E-state index is -3.98. The van der Waals surface area contributed by atoms with Crippen LogP contribution in [0.15, 0.2) is 50.5 Å². The molecule has 2 aromatic heterocycles. The molecule has 0 radical (unpaired) electrons. The van der Waals surface area contributed by atoms with Gasteiger partial charge in [-0.2, -0.15) is 4.31 Å². The zero-order valence-corrected chi connectivity index (χ0v) is 18.2. The van der Waals surface area contributed by atoms with E-state index in [9.17, 15) is 18.0 Å². The number of aromatic amines is 1. The molecule has 0 aliphatic heterocycles. The van der Waals surface area contributed by atoms with E-state index >= 15 is 0 Å². The van der Waals surface area contributed by atoms with Crippen molar-refractivity contribution in [3.63, 3.8) is 0 Å². The summed E-state index contributed by atoms with van der Waals surface area (Å²) in [7, 11) is -2.69. The average Bonchev–Trinajstić information content (AvgIpc) is 3.28. The molecule has 10 nitrogen and oxygen atoms in total. The Morgan fingerprint density at radius 3 is 2.87 bits per heavy atom. The Labute approximate surface area is 180 Å². The third kappa shape index (κ3) is 4.31. The van der Waals surface area contributed by atoms with Crippen LogP contribution < -0.4 is 15.8 Å². The molecule has 162 valence electrons. The van der Waals surface area contributed by atoms with Gasteiger partial charge in [-0.3, -0.25) is 9.78 Å². The van der Waals surface area contributed by atoms with E-state index in [0.717, 1.165) is 9.01 Å². The number of anilines is 1. The number of nitrogens with zero attached hydrogens (tertiary/aromatic N) is 2. The number of nitrogens with one attached hydrogen (secondary N) is 2. The van der Waals surface area contributed by atoms with Crippen LogP contribution in [0.1, 0.15) is 6.92 Å². The number of benzene rings is 2. The van der Waals surface area contributed by atoms with Crippen LogP contribution in [0.4, 0.5) is 5.13 Å². The van der Waals surface area contributed by atoms with E-state index < -0.39 is 28.2 Å². The van der Waals surface area contributed by atoms with Gasteiger partial charge in [-0.1, -0.05) is 11.3 Å². The Bertz CT molecular complexity index is 1440. The third-order valence-electron chi connectivity index (χ3n) is 4.38. The lowest BCUT2D eigenvalue weighted by Crippen LogP contribution is -2.34. The molecule has 0 unspecified atom stereocenters. The molecule has 0 spiro atoms. The molecular formula is C19H18N4O6S2. The second kappa shape index (κ2) is 8.13. The number of likely N-dealkylation sites (N-methyl/N-ethyl adjacent to an activating group) is 1. The Kier molecular flexibility index (Phi) is 5.52. The van der Waals surface area contributed by atoms with Crippen molar-refractivity contribution in [3.8, 4) is 5.75 Å². The average molecular weight is 463 g/mol. The minimum absolute atomic E-state index is 0.0958. The van der Waals surface area contributed by atoms with Gasteiger partial charge < -0.3 is 14.5 Å². The molecule has 0 fully saturated rings. The molecule has 2 aromatic carbocycles. The first kappa shape index (κ1) is 21.0. The fraction of sp³-hybridized carbons (Fsp3) is 0.211. The van der Waals surface area contributed by atoms with Crippen LogP contribution in [0.3, 0.4) is 0 Å². The Hall–Kier alpha value is -3.22. The van der Waals surface area contributed by atoms with Crippen molar-refractivity contribution in [3.05, 3.63) is 46.9 Å². The summed E-state index contributed by atoms with van der Waals surface area (Å²) in [6.45, 7) is 2.01. The SMILES string of the molecule is CCOc1ccc2nc(NC(=O)CN(C)S(=O)(=O)c3ccc4[nH]c(=O)oc4c3)sc2c1. The highest BCUT2D eigenvalue weighted by Gasteiger charge is 2.24. The quantitative estimate of drug-likeness (QED) is 0.430. The van der Waals surface area contributed by atoms with E-state index in [2.05, 4.69) is 15.3 Å². The Morgan fingerprint density at radius 1 is 1.29 bits per heavy atom. The summed E-state index contributed by atoms with van der Waals surface area (Å²) in [6, 6.07) is 9.41. The predicted octanol–water partition coefficient (Wildman–Crippen LogP) is 2.39. The van der Waals surface area contributed by atoms with E-state index in [1.54, 1.807) is 12.1 Å². The Balaban J connectivity index is 1.48. The summed E-state index contributed by atoms with van der Waals surface area (Å²) in [5, 5.41) is 2.98. The fourth-order valence-corrected chi connectivity index (χ4v) is 4.98. The molecule has 4 rings (SSSR count). The first-order chi connectivity index (χ1) is 14.8. The number of aromatic nitrogens is 2. The topological polar surface area (TPSA) is 135 Å². The van der Waals surface area contributed by atoms with Gasteiger partial charge >= 0.3 is 5.76 Å². The smallest absolute Gasteiger partial charge is 0.417 e. The summed E-state index contributed by atoms with van der Waals surface area (Å²) in [5.41, 5.74) is 1.20. The molecule has 0 saturated carbocycles. The number of thiazole rings is 1. The van der Waals surface area contributed by atoms with Crippen molar-refractivity contribution in [1.29, 1.82) is 0 Å². The molecule has 0 aliphatic carbocycles. The highest BCUT2D eigenvalue weighted by Crippen LogP contribution is 2.29. The van der Waals surface area contributed by atoms with Gasteiger partial charge in [0.05, 0.1) is 33.8 Å². The van der Waals surface area contributed by atoms with Gasteiger partial charge in [0.2, 0.25) is 15.9 Å². The number of ether oxygens (including phenoxy) is 1. The maximum Gasteiger partial charge on any atom is 0.417 e. The number of H-pyrrole nitrogens is 1. The van der Waals surface area contributed by atoms with Gasteiger partial charge in [0.1, 0.15) is 5.75 Å². The molecule has 2 heterocycles. The molecule has 31 heavy (non-hydrogen) atoms. The minimum Gasteiger partial charge on any atom is -0.494 e.